The highest BCUT2D eigenvalue weighted by atomic mass is 16.1. The van der Waals surface area contributed by atoms with Gasteiger partial charge in [0.2, 0.25) is 0 Å². The Kier molecular flexibility index (Phi) is 5.09. The lowest BCUT2D eigenvalue weighted by Gasteiger charge is -2.36. The van der Waals surface area contributed by atoms with E-state index in [9.17, 15) is 4.79 Å². The Morgan fingerprint density at radius 2 is 1.93 bits per heavy atom. The van der Waals surface area contributed by atoms with Crippen molar-refractivity contribution in [1.82, 2.24) is 14.9 Å². The zero-order chi connectivity index (χ0) is 19.5. The van der Waals surface area contributed by atoms with Gasteiger partial charge in [-0.2, -0.15) is 5.26 Å². The van der Waals surface area contributed by atoms with E-state index < -0.39 is 0 Å². The number of hydrogen-bond acceptors (Lipinski definition) is 5. The summed E-state index contributed by atoms with van der Waals surface area (Å²) in [5.41, 5.74) is 5.35. The van der Waals surface area contributed by atoms with Crippen molar-refractivity contribution in [3.05, 3.63) is 69.6 Å². The third-order valence-corrected chi connectivity index (χ3v) is 5.35. The van der Waals surface area contributed by atoms with Crippen LogP contribution in [0.25, 0.3) is 11.0 Å². The van der Waals surface area contributed by atoms with E-state index >= 15 is 0 Å². The molecule has 3 heterocycles. The number of fused-ring (bicyclic) bond motifs is 1. The van der Waals surface area contributed by atoms with E-state index in [1.54, 1.807) is 0 Å². The lowest BCUT2D eigenvalue weighted by Crippen LogP contribution is -2.45. The molecule has 0 saturated carbocycles. The summed E-state index contributed by atoms with van der Waals surface area (Å²) in [7, 11) is 0. The molecular formula is C22H25N5O. The van der Waals surface area contributed by atoms with E-state index in [2.05, 4.69) is 25.8 Å². The zero-order valence-electron chi connectivity index (χ0n) is 16.0. The predicted octanol–water partition coefficient (Wildman–Crippen LogP) is 2.93. The zero-order valence-corrected chi connectivity index (χ0v) is 16.0. The predicted molar refractivity (Wildman–Crippen MR) is 113 cm³/mol. The molecule has 28 heavy (non-hydrogen) atoms. The van der Waals surface area contributed by atoms with Gasteiger partial charge in [-0.15, -0.1) is 0 Å². The van der Waals surface area contributed by atoms with Crippen molar-refractivity contribution in [3.63, 3.8) is 0 Å². The number of aromatic amines is 1. The number of anilines is 1. The van der Waals surface area contributed by atoms with E-state index in [4.69, 9.17) is 5.26 Å². The Morgan fingerprint density at radius 1 is 1.18 bits per heavy atom. The Morgan fingerprint density at radius 3 is 2.61 bits per heavy atom. The minimum absolute atomic E-state index is 0. The highest BCUT2D eigenvalue weighted by Gasteiger charge is 2.17. The largest absolute Gasteiger partial charge is 0.369 e. The molecule has 0 bridgehead atoms. The Balaban J connectivity index is 0.00000240. The molecule has 6 nitrogen and oxygen atoms in total. The van der Waals surface area contributed by atoms with E-state index in [1.807, 2.05) is 49.5 Å². The van der Waals surface area contributed by atoms with Crippen LogP contribution in [-0.2, 0) is 13.0 Å². The van der Waals surface area contributed by atoms with Gasteiger partial charge in [-0.25, -0.2) is 0 Å². The van der Waals surface area contributed by atoms with Crippen molar-refractivity contribution in [2.45, 2.75) is 19.9 Å². The van der Waals surface area contributed by atoms with E-state index in [1.165, 1.54) is 0 Å². The summed E-state index contributed by atoms with van der Waals surface area (Å²) in [4.78, 5) is 24.3. The molecule has 4 rings (SSSR count). The summed E-state index contributed by atoms with van der Waals surface area (Å²) < 4.78 is 0. The van der Waals surface area contributed by atoms with Crippen LogP contribution in [0, 0.1) is 11.3 Å². The van der Waals surface area contributed by atoms with Crippen LogP contribution in [0.5, 0.6) is 0 Å². The second kappa shape index (κ2) is 7.83. The van der Waals surface area contributed by atoms with Gasteiger partial charge in [0.1, 0.15) is 0 Å². The fourth-order valence-electron chi connectivity index (χ4n) is 3.69. The number of pyridine rings is 2. The first kappa shape index (κ1) is 18.2. The first-order valence-corrected chi connectivity index (χ1v) is 9.64. The molecule has 0 spiro atoms. The van der Waals surface area contributed by atoms with Crippen molar-refractivity contribution < 1.29 is 1.43 Å². The average Bonchev–Trinajstić information content (AvgIpc) is 2.74. The van der Waals surface area contributed by atoms with Crippen LogP contribution >= 0.6 is 0 Å². The molecule has 0 atom stereocenters. The number of rotatable bonds is 4. The second-order valence-corrected chi connectivity index (χ2v) is 7.18. The van der Waals surface area contributed by atoms with Crippen molar-refractivity contribution in [1.29, 1.82) is 5.26 Å². The molecule has 1 saturated heterocycles. The molecule has 144 valence electrons. The number of hydrogen-bond donors (Lipinski definition) is 1. The Bertz CT molecular complexity index is 1080. The Hall–Kier alpha value is -3.17. The van der Waals surface area contributed by atoms with Gasteiger partial charge < -0.3 is 9.88 Å². The topological polar surface area (TPSA) is 76.0 Å². The molecule has 0 aliphatic carbocycles. The number of nitrogens with zero attached hydrogens (tertiary/aromatic N) is 4. The van der Waals surface area contributed by atoms with Crippen molar-refractivity contribution in [3.8, 4) is 6.07 Å². The van der Waals surface area contributed by atoms with Gasteiger partial charge in [-0.05, 0) is 48.4 Å². The van der Waals surface area contributed by atoms with Crippen LogP contribution in [0.15, 0.2) is 47.4 Å². The van der Waals surface area contributed by atoms with Crippen molar-refractivity contribution >= 4 is 16.7 Å². The van der Waals surface area contributed by atoms with Gasteiger partial charge in [0.15, 0.2) is 0 Å². The maximum absolute atomic E-state index is 12.1. The summed E-state index contributed by atoms with van der Waals surface area (Å²) in [6.45, 7) is 6.61. The molecule has 2 aromatic heterocycles. The Labute approximate surface area is 165 Å². The monoisotopic (exact) mass is 375 g/mol. The number of benzene rings is 1. The molecule has 1 aromatic carbocycles. The summed E-state index contributed by atoms with van der Waals surface area (Å²) in [6.07, 6.45) is 2.62. The van der Waals surface area contributed by atoms with Crippen LogP contribution in [0.4, 0.5) is 5.69 Å². The third kappa shape index (κ3) is 3.75. The quantitative estimate of drug-likeness (QED) is 0.759. The van der Waals surface area contributed by atoms with Crippen molar-refractivity contribution in [2.24, 2.45) is 0 Å². The standard InChI is InChI=1S/C22H23N5O.H2/c1-2-18-12-20-21(25-22(18)28)11-17(14-24-20)15-26-7-9-27(10-8-26)19-5-3-16(13-23)4-6-19;/h3-6,11-12,14H,2,7-10,15H2,1H3,(H,25,28);1H. The summed E-state index contributed by atoms with van der Waals surface area (Å²) in [5, 5.41) is 8.93. The van der Waals surface area contributed by atoms with Crippen LogP contribution in [0.2, 0.25) is 0 Å². The van der Waals surface area contributed by atoms with E-state index in [0.717, 1.165) is 60.6 Å². The molecule has 6 heteroatoms. The summed E-state index contributed by atoms with van der Waals surface area (Å²) in [6, 6.07) is 13.8. The van der Waals surface area contributed by atoms with E-state index in [-0.39, 0.29) is 6.99 Å². The molecule has 3 aromatic rings. The molecule has 0 radical (unpaired) electrons. The van der Waals surface area contributed by atoms with Gasteiger partial charge in [0, 0.05) is 51.6 Å². The molecule has 0 unspecified atom stereocenters. The number of aromatic nitrogens is 2. The van der Waals surface area contributed by atoms with Gasteiger partial charge in [0.05, 0.1) is 22.7 Å². The minimum Gasteiger partial charge on any atom is -0.369 e. The van der Waals surface area contributed by atoms with Crippen LogP contribution in [0.3, 0.4) is 0 Å². The lowest BCUT2D eigenvalue weighted by molar-refractivity contribution is 0.249. The average molecular weight is 375 g/mol. The minimum atomic E-state index is -0.0232. The van der Waals surface area contributed by atoms with Crippen LogP contribution < -0.4 is 10.5 Å². The first-order chi connectivity index (χ1) is 13.7. The van der Waals surface area contributed by atoms with Crippen LogP contribution in [-0.4, -0.2) is 41.0 Å². The molecule has 0 amide bonds. The maximum Gasteiger partial charge on any atom is 0.251 e. The molecule has 1 aliphatic heterocycles. The second-order valence-electron chi connectivity index (χ2n) is 7.18. The smallest absolute Gasteiger partial charge is 0.251 e. The van der Waals surface area contributed by atoms with E-state index in [0.29, 0.717) is 12.0 Å². The first-order valence-electron chi connectivity index (χ1n) is 9.64. The maximum atomic E-state index is 12.1. The summed E-state index contributed by atoms with van der Waals surface area (Å²) >= 11 is 0. The normalized spacial score (nSPS) is 14.9. The number of nitrogens with one attached hydrogen (secondary N) is 1. The summed E-state index contributed by atoms with van der Waals surface area (Å²) in [5.74, 6) is 0. The van der Waals surface area contributed by atoms with Crippen molar-refractivity contribution in [2.75, 3.05) is 31.1 Å². The van der Waals surface area contributed by atoms with Gasteiger partial charge in [-0.1, -0.05) is 6.92 Å². The number of piperazine rings is 1. The molecule has 1 aliphatic rings. The van der Waals surface area contributed by atoms with Gasteiger partial charge in [-0.3, -0.25) is 14.7 Å². The van der Waals surface area contributed by atoms with Crippen LogP contribution in [0.1, 0.15) is 25.0 Å². The number of H-pyrrole nitrogens is 1. The number of aryl methyl sites for hydroxylation is 1. The van der Waals surface area contributed by atoms with Gasteiger partial charge in [0.25, 0.3) is 5.56 Å². The molecule has 1 fully saturated rings. The highest BCUT2D eigenvalue weighted by Crippen LogP contribution is 2.19. The molecular weight excluding hydrogens is 350 g/mol. The van der Waals surface area contributed by atoms with Gasteiger partial charge >= 0.3 is 0 Å². The highest BCUT2D eigenvalue weighted by molar-refractivity contribution is 5.74. The molecule has 1 N–H and O–H groups in total. The number of nitriles is 1. The lowest BCUT2D eigenvalue weighted by atomic mass is 10.1. The fraction of sp³-hybridized carbons (Fsp3) is 0.318. The SMILES string of the molecule is CCc1cc2ncc(CN3CCN(c4ccc(C#N)cc4)CC3)cc2[nH]c1=O.[HH]. The third-order valence-electron chi connectivity index (χ3n) is 5.35. The fourth-order valence-corrected chi connectivity index (χ4v) is 3.69.